The standard InChI is InChI=1S/C13H18FNO2S/c1-2-15(11-7-3-4-8-11)18(16,17)13-10-6-5-9-12(13)14/h5-6,9-11H,2-4,7-8H2,1H3. The molecule has 0 N–H and O–H groups in total. The summed E-state index contributed by atoms with van der Waals surface area (Å²) in [6.07, 6.45) is 3.85. The minimum absolute atomic E-state index is 0.0274. The molecule has 0 radical (unpaired) electrons. The Hall–Kier alpha value is -0.940. The van der Waals surface area contributed by atoms with E-state index in [4.69, 9.17) is 0 Å². The van der Waals surface area contributed by atoms with Crippen LogP contribution in [0.1, 0.15) is 32.6 Å². The van der Waals surface area contributed by atoms with E-state index in [-0.39, 0.29) is 10.9 Å². The molecule has 0 bridgehead atoms. The zero-order chi connectivity index (χ0) is 13.2. The lowest BCUT2D eigenvalue weighted by Crippen LogP contribution is -2.38. The third kappa shape index (κ3) is 2.42. The summed E-state index contributed by atoms with van der Waals surface area (Å²) >= 11 is 0. The SMILES string of the molecule is CCN(C1CCCC1)S(=O)(=O)c1ccccc1F. The Morgan fingerprint density at radius 3 is 2.44 bits per heavy atom. The molecule has 0 aliphatic heterocycles. The molecule has 0 heterocycles. The molecule has 1 aromatic rings. The van der Waals surface area contributed by atoms with Gasteiger partial charge in [-0.3, -0.25) is 0 Å². The van der Waals surface area contributed by atoms with Gasteiger partial charge in [0.05, 0.1) is 0 Å². The van der Waals surface area contributed by atoms with E-state index in [0.717, 1.165) is 25.7 Å². The zero-order valence-electron chi connectivity index (χ0n) is 10.5. The lowest BCUT2D eigenvalue weighted by Gasteiger charge is -2.26. The van der Waals surface area contributed by atoms with Crippen molar-refractivity contribution in [2.24, 2.45) is 0 Å². The number of nitrogens with zero attached hydrogens (tertiary/aromatic N) is 1. The number of rotatable bonds is 4. The van der Waals surface area contributed by atoms with Crippen LogP contribution in [0.3, 0.4) is 0 Å². The fraction of sp³-hybridized carbons (Fsp3) is 0.538. The number of sulfonamides is 1. The van der Waals surface area contributed by atoms with E-state index >= 15 is 0 Å². The predicted molar refractivity (Wildman–Crippen MR) is 68.2 cm³/mol. The summed E-state index contributed by atoms with van der Waals surface area (Å²) in [5.74, 6) is -0.672. The van der Waals surface area contributed by atoms with E-state index in [2.05, 4.69) is 0 Å². The van der Waals surface area contributed by atoms with Gasteiger partial charge < -0.3 is 0 Å². The maximum atomic E-state index is 13.7. The molecule has 0 aromatic heterocycles. The van der Waals surface area contributed by atoms with Crippen LogP contribution in [0.25, 0.3) is 0 Å². The minimum Gasteiger partial charge on any atom is -0.207 e. The van der Waals surface area contributed by atoms with Crippen molar-refractivity contribution >= 4 is 10.0 Å². The van der Waals surface area contributed by atoms with Crippen molar-refractivity contribution < 1.29 is 12.8 Å². The van der Waals surface area contributed by atoms with Crippen LogP contribution in [0.2, 0.25) is 0 Å². The lowest BCUT2D eigenvalue weighted by molar-refractivity contribution is 0.334. The fourth-order valence-electron chi connectivity index (χ4n) is 2.60. The fourth-order valence-corrected chi connectivity index (χ4v) is 4.36. The molecule has 1 aromatic carbocycles. The van der Waals surface area contributed by atoms with Crippen molar-refractivity contribution in [2.75, 3.05) is 6.54 Å². The zero-order valence-corrected chi connectivity index (χ0v) is 11.3. The van der Waals surface area contributed by atoms with Crippen LogP contribution in [0, 0.1) is 5.82 Å². The molecule has 1 fully saturated rings. The van der Waals surface area contributed by atoms with E-state index in [1.807, 2.05) is 0 Å². The molecule has 2 rings (SSSR count). The third-order valence-electron chi connectivity index (χ3n) is 3.47. The minimum atomic E-state index is -3.71. The van der Waals surface area contributed by atoms with Gasteiger partial charge >= 0.3 is 0 Å². The molecular weight excluding hydrogens is 253 g/mol. The maximum Gasteiger partial charge on any atom is 0.246 e. The maximum absolute atomic E-state index is 13.7. The molecule has 5 heteroatoms. The van der Waals surface area contributed by atoms with E-state index in [1.165, 1.54) is 22.5 Å². The van der Waals surface area contributed by atoms with Gasteiger partial charge in [-0.05, 0) is 25.0 Å². The van der Waals surface area contributed by atoms with E-state index in [0.29, 0.717) is 6.54 Å². The molecular formula is C13H18FNO2S. The summed E-state index contributed by atoms with van der Waals surface area (Å²) in [4.78, 5) is -0.209. The van der Waals surface area contributed by atoms with Crippen molar-refractivity contribution in [1.82, 2.24) is 4.31 Å². The van der Waals surface area contributed by atoms with Gasteiger partial charge in [0.15, 0.2) is 0 Å². The van der Waals surface area contributed by atoms with E-state index in [9.17, 15) is 12.8 Å². The Balaban J connectivity index is 2.37. The quantitative estimate of drug-likeness (QED) is 0.844. The van der Waals surface area contributed by atoms with Gasteiger partial charge in [0.1, 0.15) is 10.7 Å². The predicted octanol–water partition coefficient (Wildman–Crippen LogP) is 2.78. The van der Waals surface area contributed by atoms with Gasteiger partial charge in [-0.1, -0.05) is 31.9 Å². The van der Waals surface area contributed by atoms with Crippen molar-refractivity contribution in [1.29, 1.82) is 0 Å². The van der Waals surface area contributed by atoms with Crippen LogP contribution in [-0.2, 0) is 10.0 Å². The molecule has 1 aliphatic carbocycles. The van der Waals surface area contributed by atoms with E-state index in [1.54, 1.807) is 13.0 Å². The second kappa shape index (κ2) is 5.36. The number of halogens is 1. The summed E-state index contributed by atoms with van der Waals surface area (Å²) in [6.45, 7) is 2.19. The average Bonchev–Trinajstić information content (AvgIpc) is 2.83. The highest BCUT2D eigenvalue weighted by Gasteiger charge is 2.33. The number of benzene rings is 1. The first-order valence-electron chi connectivity index (χ1n) is 6.33. The van der Waals surface area contributed by atoms with Crippen LogP contribution < -0.4 is 0 Å². The number of hydrogen-bond acceptors (Lipinski definition) is 2. The normalized spacial score (nSPS) is 17.5. The smallest absolute Gasteiger partial charge is 0.207 e. The molecule has 0 saturated heterocycles. The van der Waals surface area contributed by atoms with Crippen LogP contribution >= 0.6 is 0 Å². The van der Waals surface area contributed by atoms with Crippen molar-refractivity contribution in [3.8, 4) is 0 Å². The van der Waals surface area contributed by atoms with Gasteiger partial charge in [0, 0.05) is 12.6 Å². The monoisotopic (exact) mass is 271 g/mol. The molecule has 0 amide bonds. The van der Waals surface area contributed by atoms with Crippen molar-refractivity contribution in [3.05, 3.63) is 30.1 Å². The van der Waals surface area contributed by atoms with Gasteiger partial charge in [-0.25, -0.2) is 12.8 Å². The average molecular weight is 271 g/mol. The third-order valence-corrected chi connectivity index (χ3v) is 5.53. The molecule has 0 atom stereocenters. The Morgan fingerprint density at radius 1 is 1.28 bits per heavy atom. The highest BCUT2D eigenvalue weighted by atomic mass is 32.2. The number of hydrogen-bond donors (Lipinski definition) is 0. The van der Waals surface area contributed by atoms with Gasteiger partial charge in [-0.15, -0.1) is 0 Å². The second-order valence-electron chi connectivity index (χ2n) is 4.58. The lowest BCUT2D eigenvalue weighted by atomic mass is 10.2. The second-order valence-corrected chi connectivity index (χ2v) is 6.44. The van der Waals surface area contributed by atoms with Crippen molar-refractivity contribution in [3.63, 3.8) is 0 Å². The topological polar surface area (TPSA) is 37.4 Å². The Labute approximate surface area is 108 Å². The Morgan fingerprint density at radius 2 is 1.89 bits per heavy atom. The highest BCUT2D eigenvalue weighted by Crippen LogP contribution is 2.29. The van der Waals surface area contributed by atoms with Gasteiger partial charge in [0.25, 0.3) is 0 Å². The summed E-state index contributed by atoms with van der Waals surface area (Å²) in [5, 5.41) is 0. The molecule has 18 heavy (non-hydrogen) atoms. The largest absolute Gasteiger partial charge is 0.246 e. The molecule has 0 unspecified atom stereocenters. The Bertz CT molecular complexity index is 509. The van der Waals surface area contributed by atoms with E-state index < -0.39 is 15.8 Å². The van der Waals surface area contributed by atoms with Crippen LogP contribution in [0.5, 0.6) is 0 Å². The molecule has 100 valence electrons. The van der Waals surface area contributed by atoms with Gasteiger partial charge in [0.2, 0.25) is 10.0 Å². The van der Waals surface area contributed by atoms with Gasteiger partial charge in [-0.2, -0.15) is 4.31 Å². The van der Waals surface area contributed by atoms with Crippen LogP contribution in [-0.4, -0.2) is 25.3 Å². The molecule has 0 spiro atoms. The summed E-state index contributed by atoms with van der Waals surface area (Å²) in [5.41, 5.74) is 0. The first-order chi connectivity index (χ1) is 8.57. The first kappa shape index (κ1) is 13.5. The summed E-state index contributed by atoms with van der Waals surface area (Å²) in [6, 6.07) is 5.61. The Kier molecular flexibility index (Phi) is 4.02. The van der Waals surface area contributed by atoms with Crippen LogP contribution in [0.15, 0.2) is 29.2 Å². The van der Waals surface area contributed by atoms with Crippen molar-refractivity contribution in [2.45, 2.75) is 43.5 Å². The first-order valence-corrected chi connectivity index (χ1v) is 7.77. The molecule has 3 nitrogen and oxygen atoms in total. The highest BCUT2D eigenvalue weighted by molar-refractivity contribution is 7.89. The van der Waals surface area contributed by atoms with Crippen LogP contribution in [0.4, 0.5) is 4.39 Å². The molecule has 1 aliphatic rings. The summed E-state index contributed by atoms with van der Waals surface area (Å²) < 4.78 is 40.0. The molecule has 1 saturated carbocycles. The summed E-state index contributed by atoms with van der Waals surface area (Å²) in [7, 11) is -3.71.